The van der Waals surface area contributed by atoms with Gasteiger partial charge >= 0.3 is 0 Å². The van der Waals surface area contributed by atoms with E-state index in [1.807, 2.05) is 37.4 Å². The molecule has 160 valence electrons. The Morgan fingerprint density at radius 1 is 1.06 bits per heavy atom. The van der Waals surface area contributed by atoms with Crippen molar-refractivity contribution in [1.29, 1.82) is 0 Å². The van der Waals surface area contributed by atoms with Crippen molar-refractivity contribution in [2.45, 2.75) is 31.7 Å². The Kier molecular flexibility index (Phi) is 4.52. The summed E-state index contributed by atoms with van der Waals surface area (Å²) < 4.78 is 40.3. The molecule has 4 heterocycles. The highest BCUT2D eigenvalue weighted by Gasteiger charge is 2.36. The Balaban J connectivity index is 1.52. The van der Waals surface area contributed by atoms with Gasteiger partial charge in [-0.2, -0.15) is 14.4 Å². The molecule has 0 atom stereocenters. The molecule has 0 bridgehead atoms. The largest absolute Gasteiger partial charge is 0.360 e. The first kappa shape index (κ1) is 19.6. The van der Waals surface area contributed by atoms with E-state index in [1.54, 1.807) is 18.5 Å². The van der Waals surface area contributed by atoms with Gasteiger partial charge in [-0.1, -0.05) is 40.6 Å². The third-order valence-corrected chi connectivity index (χ3v) is 7.52. The van der Waals surface area contributed by atoms with Gasteiger partial charge in [0.25, 0.3) is 5.89 Å². The van der Waals surface area contributed by atoms with Crippen molar-refractivity contribution in [3.8, 4) is 23.0 Å². The fourth-order valence-corrected chi connectivity index (χ4v) is 5.64. The zero-order chi connectivity index (χ0) is 21.8. The van der Waals surface area contributed by atoms with E-state index in [-0.39, 0.29) is 23.1 Å². The second-order valence-electron chi connectivity index (χ2n) is 7.43. The number of aromatic nitrogens is 5. The molecule has 0 saturated heterocycles. The summed E-state index contributed by atoms with van der Waals surface area (Å²) in [5, 5.41) is 12.4. The van der Waals surface area contributed by atoms with Crippen LogP contribution < -0.4 is 0 Å². The third-order valence-electron chi connectivity index (χ3n) is 5.43. The number of rotatable bonds is 4. The average Bonchev–Trinajstić information content (AvgIpc) is 3.46. The normalized spacial score (nSPS) is 14.7. The van der Waals surface area contributed by atoms with Crippen molar-refractivity contribution in [2.75, 3.05) is 6.54 Å². The molecular formula is C20H20N6O4S. The van der Waals surface area contributed by atoms with Gasteiger partial charge < -0.3 is 9.05 Å². The first-order valence-electron chi connectivity index (χ1n) is 9.73. The summed E-state index contributed by atoms with van der Waals surface area (Å²) in [6, 6.07) is 9.48. The second-order valence-corrected chi connectivity index (χ2v) is 9.30. The third kappa shape index (κ3) is 3.17. The standard InChI is InChI=1S/C20H20N6O4S/c1-12-18(13(2)29-23-12)31(27,28)26-10-9-16-15(11-26)17(22-25(16)3)20-21-19(24-30-20)14-7-5-4-6-8-14/h4-8H,9-11H2,1-3H3. The molecular weight excluding hydrogens is 420 g/mol. The van der Waals surface area contributed by atoms with E-state index in [4.69, 9.17) is 9.05 Å². The molecule has 5 rings (SSSR count). The maximum atomic E-state index is 13.3. The van der Waals surface area contributed by atoms with Crippen molar-refractivity contribution in [1.82, 2.24) is 29.4 Å². The van der Waals surface area contributed by atoms with Gasteiger partial charge in [0.1, 0.15) is 10.6 Å². The van der Waals surface area contributed by atoms with Gasteiger partial charge in [0.15, 0.2) is 11.5 Å². The molecule has 0 spiro atoms. The topological polar surface area (TPSA) is 120 Å². The second kappa shape index (κ2) is 7.13. The molecule has 3 aromatic heterocycles. The number of fused-ring (bicyclic) bond motifs is 1. The zero-order valence-corrected chi connectivity index (χ0v) is 18.0. The first-order valence-corrected chi connectivity index (χ1v) is 11.2. The SMILES string of the molecule is Cc1noc(C)c1S(=O)(=O)N1CCc2c(c(-c3nc(-c4ccccc4)no3)nn2C)C1. The smallest absolute Gasteiger partial charge is 0.279 e. The highest BCUT2D eigenvalue weighted by Crippen LogP contribution is 2.33. The highest BCUT2D eigenvalue weighted by atomic mass is 32.2. The van der Waals surface area contributed by atoms with Crippen LogP contribution in [0.15, 0.2) is 44.3 Å². The lowest BCUT2D eigenvalue weighted by atomic mass is 10.1. The maximum Gasteiger partial charge on any atom is 0.279 e. The molecule has 4 aromatic rings. The lowest BCUT2D eigenvalue weighted by Gasteiger charge is -2.26. The Morgan fingerprint density at radius 3 is 2.55 bits per heavy atom. The Hall–Kier alpha value is -3.31. The van der Waals surface area contributed by atoms with Gasteiger partial charge in [0.2, 0.25) is 15.8 Å². The fourth-order valence-electron chi connectivity index (χ4n) is 3.94. The van der Waals surface area contributed by atoms with Gasteiger partial charge in [-0.25, -0.2) is 8.42 Å². The molecule has 31 heavy (non-hydrogen) atoms. The van der Waals surface area contributed by atoms with Crippen LogP contribution in [0.3, 0.4) is 0 Å². The number of aryl methyl sites for hydroxylation is 3. The van der Waals surface area contributed by atoms with E-state index in [0.717, 1.165) is 16.8 Å². The summed E-state index contributed by atoms with van der Waals surface area (Å²) in [6.45, 7) is 3.70. The van der Waals surface area contributed by atoms with Crippen LogP contribution in [-0.4, -0.2) is 44.3 Å². The maximum absolute atomic E-state index is 13.3. The van der Waals surface area contributed by atoms with Crippen molar-refractivity contribution in [2.24, 2.45) is 7.05 Å². The van der Waals surface area contributed by atoms with E-state index >= 15 is 0 Å². The van der Waals surface area contributed by atoms with E-state index in [1.165, 1.54) is 4.31 Å². The summed E-state index contributed by atoms with van der Waals surface area (Å²) in [7, 11) is -1.95. The van der Waals surface area contributed by atoms with Gasteiger partial charge in [-0.3, -0.25) is 4.68 Å². The van der Waals surface area contributed by atoms with Crippen LogP contribution in [-0.2, 0) is 30.0 Å². The van der Waals surface area contributed by atoms with Crippen molar-refractivity contribution < 1.29 is 17.5 Å². The van der Waals surface area contributed by atoms with Gasteiger partial charge in [-0.15, -0.1) is 0 Å². The summed E-state index contributed by atoms with van der Waals surface area (Å²) in [5.41, 5.74) is 3.36. The van der Waals surface area contributed by atoms with Crippen LogP contribution in [0, 0.1) is 13.8 Å². The molecule has 0 aliphatic carbocycles. The molecule has 0 amide bonds. The van der Waals surface area contributed by atoms with Gasteiger partial charge in [0, 0.05) is 43.4 Å². The number of sulfonamides is 1. The predicted octanol–water partition coefficient (Wildman–Crippen LogP) is 2.49. The van der Waals surface area contributed by atoms with Crippen LogP contribution in [0.1, 0.15) is 22.7 Å². The lowest BCUT2D eigenvalue weighted by Crippen LogP contribution is -2.36. The fraction of sp³-hybridized carbons (Fsp3) is 0.300. The Bertz CT molecular complexity index is 1350. The van der Waals surface area contributed by atoms with Crippen LogP contribution in [0.25, 0.3) is 23.0 Å². The molecule has 1 aromatic carbocycles. The number of hydrogen-bond donors (Lipinski definition) is 0. The lowest BCUT2D eigenvalue weighted by molar-refractivity contribution is 0.378. The van der Waals surface area contributed by atoms with Crippen molar-refractivity contribution in [3.63, 3.8) is 0 Å². The Labute approximate surface area is 178 Å². The number of nitrogens with zero attached hydrogens (tertiary/aromatic N) is 6. The zero-order valence-electron chi connectivity index (χ0n) is 17.2. The minimum absolute atomic E-state index is 0.116. The minimum Gasteiger partial charge on any atom is -0.360 e. The van der Waals surface area contributed by atoms with Crippen molar-refractivity contribution in [3.05, 3.63) is 53.0 Å². The monoisotopic (exact) mass is 440 g/mol. The van der Waals surface area contributed by atoms with Crippen LogP contribution in [0.2, 0.25) is 0 Å². The summed E-state index contributed by atoms with van der Waals surface area (Å²) in [4.78, 5) is 4.61. The quantitative estimate of drug-likeness (QED) is 0.475. The number of benzene rings is 1. The van der Waals surface area contributed by atoms with Crippen LogP contribution in [0.4, 0.5) is 0 Å². The first-order chi connectivity index (χ1) is 14.9. The van der Waals surface area contributed by atoms with E-state index in [0.29, 0.717) is 30.2 Å². The van der Waals surface area contributed by atoms with Gasteiger partial charge in [0.05, 0.1) is 0 Å². The summed E-state index contributed by atoms with van der Waals surface area (Å²) >= 11 is 0. The summed E-state index contributed by atoms with van der Waals surface area (Å²) in [5.74, 6) is 0.984. The van der Waals surface area contributed by atoms with E-state index in [9.17, 15) is 8.42 Å². The van der Waals surface area contributed by atoms with E-state index < -0.39 is 10.0 Å². The minimum atomic E-state index is -3.78. The molecule has 0 N–H and O–H groups in total. The Morgan fingerprint density at radius 2 is 1.84 bits per heavy atom. The molecule has 0 radical (unpaired) electrons. The highest BCUT2D eigenvalue weighted by molar-refractivity contribution is 7.89. The van der Waals surface area contributed by atoms with Crippen LogP contribution >= 0.6 is 0 Å². The number of hydrogen-bond acceptors (Lipinski definition) is 8. The molecule has 11 heteroatoms. The van der Waals surface area contributed by atoms with Crippen LogP contribution in [0.5, 0.6) is 0 Å². The molecule has 0 fully saturated rings. The van der Waals surface area contributed by atoms with Crippen molar-refractivity contribution >= 4 is 10.0 Å². The average molecular weight is 440 g/mol. The van der Waals surface area contributed by atoms with Gasteiger partial charge in [-0.05, 0) is 13.8 Å². The molecule has 10 nitrogen and oxygen atoms in total. The molecule has 1 aliphatic rings. The molecule has 0 saturated carbocycles. The predicted molar refractivity (Wildman–Crippen MR) is 109 cm³/mol. The molecule has 1 aliphatic heterocycles. The molecule has 0 unspecified atom stereocenters. The summed E-state index contributed by atoms with van der Waals surface area (Å²) in [6.07, 6.45) is 0.515. The van der Waals surface area contributed by atoms with E-state index in [2.05, 4.69) is 20.4 Å².